The Bertz CT molecular complexity index is 476. The van der Waals surface area contributed by atoms with Gasteiger partial charge in [-0.1, -0.05) is 11.4 Å². The number of H-pyrrole nitrogens is 1. The van der Waals surface area contributed by atoms with Crippen molar-refractivity contribution in [1.29, 1.82) is 0 Å². The van der Waals surface area contributed by atoms with Crippen molar-refractivity contribution in [3.05, 3.63) is 27.5 Å². The monoisotopic (exact) mass is 208 g/mol. The Balaban J connectivity index is 2.54. The number of hydrogen-bond acceptors (Lipinski definition) is 5. The van der Waals surface area contributed by atoms with Gasteiger partial charge in [0.25, 0.3) is 5.56 Å². The predicted molar refractivity (Wildman–Crippen MR) is 53.1 cm³/mol. The lowest BCUT2D eigenvalue weighted by atomic mass is 10.3. The highest BCUT2D eigenvalue weighted by Crippen LogP contribution is 2.10. The minimum atomic E-state index is -0.153. The van der Waals surface area contributed by atoms with Gasteiger partial charge in [-0.2, -0.15) is 0 Å². The van der Waals surface area contributed by atoms with Crippen LogP contribution in [0.4, 0.5) is 0 Å². The number of aryl methyl sites for hydroxylation is 1. The molecule has 0 radical (unpaired) electrons. The molecule has 6 heteroatoms. The topological polar surface area (TPSA) is 71.5 Å². The number of aromatic amines is 1. The zero-order chi connectivity index (χ0) is 9.97. The van der Waals surface area contributed by atoms with Gasteiger partial charge in [-0.3, -0.25) is 4.79 Å². The lowest BCUT2D eigenvalue weighted by Crippen LogP contribution is -2.10. The molecule has 0 bridgehead atoms. The third-order valence-electron chi connectivity index (χ3n) is 1.76. The van der Waals surface area contributed by atoms with Crippen LogP contribution in [0.25, 0.3) is 11.5 Å². The Kier molecular flexibility index (Phi) is 2.36. The summed E-state index contributed by atoms with van der Waals surface area (Å²) >= 11 is 1.23. The van der Waals surface area contributed by atoms with E-state index in [0.717, 1.165) is 12.1 Å². The zero-order valence-electron chi connectivity index (χ0n) is 7.52. The first-order valence-electron chi connectivity index (χ1n) is 4.17. The Morgan fingerprint density at radius 3 is 3.07 bits per heavy atom. The Morgan fingerprint density at radius 1 is 1.57 bits per heavy atom. The minimum Gasteiger partial charge on any atom is -0.305 e. The van der Waals surface area contributed by atoms with E-state index in [2.05, 4.69) is 19.6 Å². The molecule has 0 saturated carbocycles. The predicted octanol–water partition coefficient (Wildman–Crippen LogP) is 0.851. The van der Waals surface area contributed by atoms with Crippen LogP contribution in [-0.4, -0.2) is 19.6 Å². The summed E-state index contributed by atoms with van der Waals surface area (Å²) in [6, 6.07) is 1.49. The molecule has 2 heterocycles. The summed E-state index contributed by atoms with van der Waals surface area (Å²) in [6.07, 6.45) is 0.731. The summed E-state index contributed by atoms with van der Waals surface area (Å²) in [5.41, 5.74) is 1.22. The van der Waals surface area contributed by atoms with Crippen LogP contribution in [-0.2, 0) is 6.42 Å². The van der Waals surface area contributed by atoms with E-state index in [-0.39, 0.29) is 5.56 Å². The molecular formula is C8H8N4OS. The largest absolute Gasteiger partial charge is 0.305 e. The minimum absolute atomic E-state index is 0.153. The standard InChI is InChI=1S/C8H8N4OS/c1-2-5-3-7(13)10-8(9-5)6-4-14-12-11-6/h3-4H,2H2,1H3,(H,9,10,13). The first-order valence-corrected chi connectivity index (χ1v) is 5.01. The molecule has 0 unspecified atom stereocenters. The number of nitrogens with one attached hydrogen (secondary N) is 1. The zero-order valence-corrected chi connectivity index (χ0v) is 8.34. The molecule has 0 aliphatic carbocycles. The van der Waals surface area contributed by atoms with Crippen molar-refractivity contribution in [1.82, 2.24) is 19.6 Å². The van der Waals surface area contributed by atoms with E-state index in [9.17, 15) is 4.79 Å². The fourth-order valence-corrected chi connectivity index (χ4v) is 1.52. The van der Waals surface area contributed by atoms with Gasteiger partial charge in [-0.05, 0) is 18.0 Å². The van der Waals surface area contributed by atoms with Crippen molar-refractivity contribution >= 4 is 11.5 Å². The highest BCUT2D eigenvalue weighted by Gasteiger charge is 2.05. The molecular weight excluding hydrogens is 200 g/mol. The second-order valence-corrected chi connectivity index (χ2v) is 3.34. The number of hydrogen-bond donors (Lipinski definition) is 1. The van der Waals surface area contributed by atoms with Crippen LogP contribution in [0.2, 0.25) is 0 Å². The average Bonchev–Trinajstić information content (AvgIpc) is 2.69. The van der Waals surface area contributed by atoms with E-state index in [0.29, 0.717) is 11.5 Å². The van der Waals surface area contributed by atoms with E-state index >= 15 is 0 Å². The summed E-state index contributed by atoms with van der Waals surface area (Å²) in [7, 11) is 0. The van der Waals surface area contributed by atoms with Gasteiger partial charge in [0.2, 0.25) is 0 Å². The van der Waals surface area contributed by atoms with Crippen LogP contribution in [0, 0.1) is 0 Å². The van der Waals surface area contributed by atoms with Gasteiger partial charge in [0.1, 0.15) is 5.69 Å². The van der Waals surface area contributed by atoms with Gasteiger partial charge in [-0.25, -0.2) is 4.98 Å². The smallest absolute Gasteiger partial charge is 0.251 e. The third kappa shape index (κ3) is 1.69. The second kappa shape index (κ2) is 3.67. The lowest BCUT2D eigenvalue weighted by molar-refractivity contribution is 0.975. The molecule has 0 aliphatic heterocycles. The number of aromatic nitrogens is 4. The maximum atomic E-state index is 11.2. The first-order chi connectivity index (χ1) is 6.79. The molecule has 0 aliphatic rings. The molecule has 72 valence electrons. The first kappa shape index (κ1) is 9.01. The average molecular weight is 208 g/mol. The Hall–Kier alpha value is -1.56. The molecule has 14 heavy (non-hydrogen) atoms. The van der Waals surface area contributed by atoms with E-state index in [4.69, 9.17) is 0 Å². The van der Waals surface area contributed by atoms with Crippen molar-refractivity contribution in [3.8, 4) is 11.5 Å². The highest BCUT2D eigenvalue weighted by molar-refractivity contribution is 7.03. The van der Waals surface area contributed by atoms with E-state index in [1.807, 2.05) is 6.92 Å². The summed E-state index contributed by atoms with van der Waals surface area (Å²) in [4.78, 5) is 18.1. The summed E-state index contributed by atoms with van der Waals surface area (Å²) < 4.78 is 3.71. The Morgan fingerprint density at radius 2 is 2.43 bits per heavy atom. The highest BCUT2D eigenvalue weighted by atomic mass is 32.1. The SMILES string of the molecule is CCc1cc(=O)[nH]c(-c2csnn2)n1. The van der Waals surface area contributed by atoms with Crippen LogP contribution in [0.15, 0.2) is 16.2 Å². The van der Waals surface area contributed by atoms with Gasteiger partial charge in [-0.15, -0.1) is 5.10 Å². The Labute approximate surface area is 84.0 Å². The third-order valence-corrected chi connectivity index (χ3v) is 2.26. The van der Waals surface area contributed by atoms with Gasteiger partial charge in [0.15, 0.2) is 5.82 Å². The molecule has 2 aromatic rings. The molecule has 2 rings (SSSR count). The van der Waals surface area contributed by atoms with E-state index < -0.39 is 0 Å². The van der Waals surface area contributed by atoms with Gasteiger partial charge in [0.05, 0.1) is 0 Å². The molecule has 1 N–H and O–H groups in total. The normalized spacial score (nSPS) is 10.4. The van der Waals surface area contributed by atoms with Crippen LogP contribution in [0.5, 0.6) is 0 Å². The van der Waals surface area contributed by atoms with Crippen molar-refractivity contribution in [2.75, 3.05) is 0 Å². The summed E-state index contributed by atoms with van der Waals surface area (Å²) in [5.74, 6) is 0.489. The van der Waals surface area contributed by atoms with Crippen molar-refractivity contribution < 1.29 is 0 Å². The molecule has 2 aromatic heterocycles. The molecule has 0 spiro atoms. The fraction of sp³-hybridized carbons (Fsp3) is 0.250. The van der Waals surface area contributed by atoms with Crippen molar-refractivity contribution in [2.45, 2.75) is 13.3 Å². The molecule has 5 nitrogen and oxygen atoms in total. The van der Waals surface area contributed by atoms with Gasteiger partial charge < -0.3 is 4.98 Å². The van der Waals surface area contributed by atoms with E-state index in [1.165, 1.54) is 17.6 Å². The van der Waals surface area contributed by atoms with Crippen LogP contribution < -0.4 is 5.56 Å². The van der Waals surface area contributed by atoms with Gasteiger partial charge in [0, 0.05) is 17.1 Å². The maximum Gasteiger partial charge on any atom is 0.251 e. The van der Waals surface area contributed by atoms with Crippen molar-refractivity contribution in [3.63, 3.8) is 0 Å². The molecule has 0 saturated heterocycles. The summed E-state index contributed by atoms with van der Waals surface area (Å²) in [5, 5.41) is 5.59. The quantitative estimate of drug-likeness (QED) is 0.794. The van der Waals surface area contributed by atoms with Gasteiger partial charge >= 0.3 is 0 Å². The van der Waals surface area contributed by atoms with Crippen LogP contribution >= 0.6 is 11.5 Å². The number of nitrogens with zero attached hydrogens (tertiary/aromatic N) is 3. The maximum absolute atomic E-state index is 11.2. The lowest BCUT2D eigenvalue weighted by Gasteiger charge is -1.97. The molecule has 0 atom stereocenters. The molecule has 0 aromatic carbocycles. The summed E-state index contributed by atoms with van der Waals surface area (Å²) in [6.45, 7) is 1.95. The molecule has 0 fully saturated rings. The van der Waals surface area contributed by atoms with E-state index in [1.54, 1.807) is 5.38 Å². The molecule has 0 amide bonds. The number of rotatable bonds is 2. The fourth-order valence-electron chi connectivity index (χ4n) is 1.08. The van der Waals surface area contributed by atoms with Crippen molar-refractivity contribution in [2.24, 2.45) is 0 Å². The van der Waals surface area contributed by atoms with Crippen LogP contribution in [0.3, 0.4) is 0 Å². The van der Waals surface area contributed by atoms with Crippen LogP contribution in [0.1, 0.15) is 12.6 Å². The second-order valence-electron chi connectivity index (χ2n) is 2.73.